The molecule has 1 radical (unpaired) electrons. The molecule has 67 valence electrons. The summed E-state index contributed by atoms with van der Waals surface area (Å²) in [5.41, 5.74) is 0. The van der Waals surface area contributed by atoms with Gasteiger partial charge in [0.2, 0.25) is 0 Å². The quantitative estimate of drug-likeness (QED) is 0.528. The highest BCUT2D eigenvalue weighted by atomic mass is 32.1. The summed E-state index contributed by atoms with van der Waals surface area (Å²) in [5.74, 6) is 0.797. The van der Waals surface area contributed by atoms with Gasteiger partial charge in [0, 0.05) is 32.2 Å². The minimum atomic E-state index is 0.797. The normalized spacial score (nSPS) is 10.4. The molecule has 0 saturated heterocycles. The molecule has 0 atom stereocenters. The molecule has 0 N–H and O–H groups in total. The Kier molecular flexibility index (Phi) is 10.5. The van der Waals surface area contributed by atoms with E-state index in [0.29, 0.717) is 0 Å². The largest absolute Gasteiger partial charge is 0.382 e. The van der Waals surface area contributed by atoms with Crippen molar-refractivity contribution in [3.8, 4) is 0 Å². The summed E-state index contributed by atoms with van der Waals surface area (Å²) in [4.78, 5) is 0. The lowest BCUT2D eigenvalue weighted by Gasteiger charge is -2.02. The lowest BCUT2D eigenvalue weighted by Crippen LogP contribution is -2.02. The van der Waals surface area contributed by atoms with Crippen molar-refractivity contribution < 1.29 is 9.47 Å². The molecular formula is C8H17O2S. The van der Waals surface area contributed by atoms with E-state index in [1.807, 2.05) is 6.92 Å². The van der Waals surface area contributed by atoms with E-state index >= 15 is 0 Å². The van der Waals surface area contributed by atoms with E-state index in [-0.39, 0.29) is 0 Å². The highest BCUT2D eigenvalue weighted by Gasteiger charge is 1.88. The first-order valence-corrected chi connectivity index (χ1v) is 4.73. The van der Waals surface area contributed by atoms with Crippen LogP contribution in [-0.2, 0) is 9.47 Å². The van der Waals surface area contributed by atoms with Gasteiger partial charge in [0.15, 0.2) is 0 Å². The van der Waals surface area contributed by atoms with Crippen LogP contribution in [0.25, 0.3) is 0 Å². The molecule has 0 heterocycles. The van der Waals surface area contributed by atoms with Gasteiger partial charge >= 0.3 is 0 Å². The molecule has 0 aliphatic rings. The zero-order valence-corrected chi connectivity index (χ0v) is 7.99. The van der Waals surface area contributed by atoms with Gasteiger partial charge in [-0.15, -0.1) is 0 Å². The van der Waals surface area contributed by atoms with Gasteiger partial charge in [-0.25, -0.2) is 0 Å². The monoisotopic (exact) mass is 177 g/mol. The molecule has 0 fully saturated rings. The third-order valence-electron chi connectivity index (χ3n) is 1.21. The number of hydrogen-bond donors (Lipinski definition) is 0. The van der Waals surface area contributed by atoms with Crippen LogP contribution in [-0.4, -0.2) is 32.2 Å². The molecule has 0 aromatic carbocycles. The van der Waals surface area contributed by atoms with Crippen molar-refractivity contribution in [1.29, 1.82) is 0 Å². The second-order valence-corrected chi connectivity index (χ2v) is 2.63. The molecule has 11 heavy (non-hydrogen) atoms. The lowest BCUT2D eigenvalue weighted by molar-refractivity contribution is 0.0886. The predicted molar refractivity (Wildman–Crippen MR) is 49.0 cm³/mol. The predicted octanol–water partition coefficient (Wildman–Crippen LogP) is 2.02. The van der Waals surface area contributed by atoms with Crippen molar-refractivity contribution in [2.75, 3.05) is 32.2 Å². The second kappa shape index (κ2) is 10.3. The zero-order chi connectivity index (χ0) is 8.36. The maximum Gasteiger partial charge on any atom is 0.0487 e. The van der Waals surface area contributed by atoms with E-state index in [1.165, 1.54) is 0 Å². The number of hydrogen-bond acceptors (Lipinski definition) is 2. The van der Waals surface area contributed by atoms with Gasteiger partial charge in [0.1, 0.15) is 0 Å². The first-order valence-electron chi connectivity index (χ1n) is 4.15. The van der Waals surface area contributed by atoms with Crippen molar-refractivity contribution >= 4 is 12.6 Å². The standard InChI is InChI=1S/C8H17O2S/c1-2-9-5-3-6-10-7-4-8-11/h2-8H2,1H3. The number of rotatable bonds is 8. The summed E-state index contributed by atoms with van der Waals surface area (Å²) < 4.78 is 10.4. The van der Waals surface area contributed by atoms with Crippen molar-refractivity contribution in [2.24, 2.45) is 0 Å². The average Bonchev–Trinajstić information content (AvgIpc) is 2.03. The Balaban J connectivity index is 2.69. The fourth-order valence-corrected chi connectivity index (χ4v) is 0.788. The first-order chi connectivity index (χ1) is 5.41. The summed E-state index contributed by atoms with van der Waals surface area (Å²) in [7, 11) is 0. The molecule has 0 amide bonds. The Morgan fingerprint density at radius 2 is 1.64 bits per heavy atom. The third-order valence-corrected chi connectivity index (χ3v) is 1.50. The fourth-order valence-electron chi connectivity index (χ4n) is 0.670. The van der Waals surface area contributed by atoms with Crippen LogP contribution in [0.5, 0.6) is 0 Å². The van der Waals surface area contributed by atoms with Crippen molar-refractivity contribution in [2.45, 2.75) is 19.8 Å². The van der Waals surface area contributed by atoms with E-state index in [0.717, 1.165) is 45.0 Å². The minimum absolute atomic E-state index is 0.797. The first kappa shape index (κ1) is 11.3. The molecular weight excluding hydrogens is 160 g/mol. The van der Waals surface area contributed by atoms with Gasteiger partial charge in [-0.2, -0.15) is 0 Å². The topological polar surface area (TPSA) is 18.5 Å². The zero-order valence-electron chi connectivity index (χ0n) is 7.17. The molecule has 0 aliphatic heterocycles. The molecule has 0 rings (SSSR count). The molecule has 2 nitrogen and oxygen atoms in total. The van der Waals surface area contributed by atoms with Crippen LogP contribution >= 0.6 is 12.6 Å². The van der Waals surface area contributed by atoms with E-state index in [2.05, 4.69) is 0 Å². The molecule has 3 heteroatoms. The molecule has 0 spiro atoms. The summed E-state index contributed by atoms with van der Waals surface area (Å²) in [6.07, 6.45) is 1.98. The Morgan fingerprint density at radius 1 is 1.00 bits per heavy atom. The lowest BCUT2D eigenvalue weighted by atomic mass is 10.5. The third kappa shape index (κ3) is 10.3. The summed E-state index contributed by atoms with van der Waals surface area (Å²) in [6, 6.07) is 0. The van der Waals surface area contributed by atoms with Crippen LogP contribution in [0.3, 0.4) is 0 Å². The Hall–Kier alpha value is 0.270. The second-order valence-electron chi connectivity index (χ2n) is 2.22. The maximum absolute atomic E-state index is 5.27. The van der Waals surface area contributed by atoms with Crippen LogP contribution in [0.4, 0.5) is 0 Å². The van der Waals surface area contributed by atoms with Crippen molar-refractivity contribution in [1.82, 2.24) is 0 Å². The van der Waals surface area contributed by atoms with Gasteiger partial charge in [-0.3, -0.25) is 0 Å². The smallest absolute Gasteiger partial charge is 0.0487 e. The van der Waals surface area contributed by atoms with Gasteiger partial charge in [0.05, 0.1) is 0 Å². The molecule has 0 aliphatic carbocycles. The molecule has 0 unspecified atom stereocenters. The van der Waals surface area contributed by atoms with Crippen LogP contribution in [0.1, 0.15) is 19.8 Å². The van der Waals surface area contributed by atoms with Crippen molar-refractivity contribution in [3.63, 3.8) is 0 Å². The van der Waals surface area contributed by atoms with Crippen LogP contribution < -0.4 is 0 Å². The van der Waals surface area contributed by atoms with Gasteiger partial charge in [-0.05, 0) is 19.8 Å². The summed E-state index contributed by atoms with van der Waals surface area (Å²) in [5, 5.41) is 0. The Morgan fingerprint density at radius 3 is 2.27 bits per heavy atom. The highest BCUT2D eigenvalue weighted by Crippen LogP contribution is 1.88. The SMILES string of the molecule is CCOCCCOCCC[S]. The summed E-state index contributed by atoms with van der Waals surface area (Å²) in [6.45, 7) is 5.21. The van der Waals surface area contributed by atoms with Gasteiger partial charge in [0.25, 0.3) is 0 Å². The molecule has 0 bridgehead atoms. The van der Waals surface area contributed by atoms with Gasteiger partial charge < -0.3 is 9.47 Å². The minimum Gasteiger partial charge on any atom is -0.382 e. The molecule has 0 saturated carbocycles. The van der Waals surface area contributed by atoms with Crippen LogP contribution in [0.15, 0.2) is 0 Å². The Labute approximate surface area is 74.7 Å². The van der Waals surface area contributed by atoms with Crippen molar-refractivity contribution in [3.05, 3.63) is 0 Å². The number of ether oxygens (including phenoxy) is 2. The van der Waals surface area contributed by atoms with E-state index in [1.54, 1.807) is 0 Å². The average molecular weight is 177 g/mol. The van der Waals surface area contributed by atoms with Crippen LogP contribution in [0, 0.1) is 0 Å². The summed E-state index contributed by atoms with van der Waals surface area (Å²) >= 11 is 4.77. The Bertz CT molecular complexity index is 61.1. The fraction of sp³-hybridized carbons (Fsp3) is 1.00. The highest BCUT2D eigenvalue weighted by molar-refractivity contribution is 7.80. The van der Waals surface area contributed by atoms with Gasteiger partial charge in [-0.1, -0.05) is 12.6 Å². The van der Waals surface area contributed by atoms with E-state index < -0.39 is 0 Å². The molecule has 0 aromatic rings. The van der Waals surface area contributed by atoms with E-state index in [9.17, 15) is 0 Å². The van der Waals surface area contributed by atoms with Crippen LogP contribution in [0.2, 0.25) is 0 Å². The van der Waals surface area contributed by atoms with E-state index in [4.69, 9.17) is 22.1 Å². The maximum atomic E-state index is 5.27. The molecule has 0 aromatic heterocycles.